The second kappa shape index (κ2) is 5.61. The Bertz CT molecular complexity index is 614. The lowest BCUT2D eigenvalue weighted by molar-refractivity contribution is 0.357. The minimum absolute atomic E-state index is 0.292. The van der Waals surface area contributed by atoms with Gasteiger partial charge in [0.15, 0.2) is 0 Å². The van der Waals surface area contributed by atoms with Crippen molar-refractivity contribution in [2.24, 2.45) is 0 Å². The summed E-state index contributed by atoms with van der Waals surface area (Å²) in [6.07, 6.45) is 4.40. The van der Waals surface area contributed by atoms with Crippen LogP contribution in [-0.2, 0) is 12.0 Å². The number of nitrogens with zero attached hydrogens (tertiary/aromatic N) is 1. The Morgan fingerprint density at radius 1 is 1.19 bits per heavy atom. The van der Waals surface area contributed by atoms with Gasteiger partial charge >= 0.3 is 0 Å². The van der Waals surface area contributed by atoms with Crippen molar-refractivity contribution in [3.8, 4) is 0 Å². The van der Waals surface area contributed by atoms with Gasteiger partial charge in [0.05, 0.1) is 0 Å². The van der Waals surface area contributed by atoms with Crippen LogP contribution < -0.4 is 5.32 Å². The van der Waals surface area contributed by atoms with E-state index in [0.29, 0.717) is 11.5 Å². The molecular formula is C19H24N2. The van der Waals surface area contributed by atoms with Crippen LogP contribution in [0.4, 0.5) is 0 Å². The molecule has 0 bridgehead atoms. The molecule has 1 heterocycles. The molecule has 0 saturated heterocycles. The maximum absolute atomic E-state index is 4.37. The van der Waals surface area contributed by atoms with Crippen LogP contribution in [0.2, 0.25) is 0 Å². The predicted molar refractivity (Wildman–Crippen MR) is 87.3 cm³/mol. The molecule has 2 aromatic rings. The molecule has 2 heteroatoms. The molecule has 0 spiro atoms. The molecule has 0 radical (unpaired) electrons. The minimum atomic E-state index is 0.292. The first-order valence-electron chi connectivity index (χ1n) is 7.80. The third-order valence-corrected chi connectivity index (χ3v) is 4.65. The topological polar surface area (TPSA) is 24.9 Å². The predicted octanol–water partition coefficient (Wildman–Crippen LogP) is 4.29. The zero-order valence-corrected chi connectivity index (χ0v) is 13.2. The molecule has 1 atom stereocenters. The van der Waals surface area contributed by atoms with Crippen molar-refractivity contribution in [3.05, 3.63) is 65.0 Å². The summed E-state index contributed by atoms with van der Waals surface area (Å²) in [4.78, 5) is 4.37. The number of aromatic nitrogens is 1. The second-order valence-corrected chi connectivity index (χ2v) is 6.75. The number of nitrogens with one attached hydrogen (secondary N) is 1. The van der Waals surface area contributed by atoms with Crippen LogP contribution in [0.1, 0.15) is 55.1 Å². The third kappa shape index (κ3) is 3.01. The highest BCUT2D eigenvalue weighted by Gasteiger charge is 2.31. The number of fused-ring (bicyclic) bond motifs is 1. The lowest BCUT2D eigenvalue weighted by Gasteiger charge is -2.37. The van der Waals surface area contributed by atoms with Gasteiger partial charge in [-0.15, -0.1) is 0 Å². The molecule has 1 N–H and O–H groups in total. The molecule has 0 saturated carbocycles. The van der Waals surface area contributed by atoms with E-state index in [1.54, 1.807) is 0 Å². The van der Waals surface area contributed by atoms with Crippen molar-refractivity contribution < 1.29 is 0 Å². The molecule has 0 aliphatic heterocycles. The Labute approximate surface area is 127 Å². The van der Waals surface area contributed by atoms with E-state index in [-0.39, 0.29) is 0 Å². The van der Waals surface area contributed by atoms with Gasteiger partial charge in [0.2, 0.25) is 0 Å². The Morgan fingerprint density at radius 2 is 2.00 bits per heavy atom. The van der Waals surface area contributed by atoms with E-state index in [9.17, 15) is 0 Å². The van der Waals surface area contributed by atoms with Gasteiger partial charge in [0.1, 0.15) is 0 Å². The molecule has 21 heavy (non-hydrogen) atoms. The zero-order valence-electron chi connectivity index (χ0n) is 13.2. The summed E-state index contributed by atoms with van der Waals surface area (Å²) >= 11 is 0. The number of hydrogen-bond donors (Lipinski definition) is 1. The molecule has 110 valence electrons. The smallest absolute Gasteiger partial charge is 0.0372 e. The lowest BCUT2D eigenvalue weighted by atomic mass is 9.71. The summed E-state index contributed by atoms with van der Waals surface area (Å²) in [5.41, 5.74) is 5.58. The first kappa shape index (κ1) is 14.3. The van der Waals surface area contributed by atoms with Crippen LogP contribution in [0.25, 0.3) is 0 Å². The van der Waals surface area contributed by atoms with Gasteiger partial charge in [-0.25, -0.2) is 0 Å². The molecule has 0 amide bonds. The average Bonchev–Trinajstić information content (AvgIpc) is 2.48. The molecule has 1 aliphatic carbocycles. The maximum atomic E-state index is 4.37. The fourth-order valence-corrected chi connectivity index (χ4v) is 3.27. The number of aryl methyl sites for hydroxylation is 1. The van der Waals surface area contributed by atoms with Crippen molar-refractivity contribution in [3.63, 3.8) is 0 Å². The SMILES string of the molecule is Cc1ccc(CNC2CCC(C)(C)c3ccccc32)cn1. The van der Waals surface area contributed by atoms with E-state index in [1.165, 1.54) is 29.5 Å². The third-order valence-electron chi connectivity index (χ3n) is 4.65. The van der Waals surface area contributed by atoms with Crippen LogP contribution in [0.15, 0.2) is 42.6 Å². The van der Waals surface area contributed by atoms with Crippen LogP contribution in [0, 0.1) is 6.92 Å². The lowest BCUT2D eigenvalue weighted by Crippen LogP contribution is -2.32. The van der Waals surface area contributed by atoms with Gasteiger partial charge < -0.3 is 5.32 Å². The van der Waals surface area contributed by atoms with E-state index >= 15 is 0 Å². The van der Waals surface area contributed by atoms with Crippen LogP contribution in [0.3, 0.4) is 0 Å². The van der Waals surface area contributed by atoms with E-state index in [2.05, 4.69) is 60.5 Å². The summed E-state index contributed by atoms with van der Waals surface area (Å²) in [7, 11) is 0. The van der Waals surface area contributed by atoms with E-state index < -0.39 is 0 Å². The highest BCUT2D eigenvalue weighted by atomic mass is 14.9. The highest BCUT2D eigenvalue weighted by molar-refractivity contribution is 5.38. The zero-order chi connectivity index (χ0) is 14.9. The normalized spacial score (nSPS) is 20.0. The van der Waals surface area contributed by atoms with E-state index in [0.717, 1.165) is 12.2 Å². The van der Waals surface area contributed by atoms with Crippen LogP contribution in [-0.4, -0.2) is 4.98 Å². The van der Waals surface area contributed by atoms with Gasteiger partial charge in [-0.1, -0.05) is 44.2 Å². The Hall–Kier alpha value is -1.67. The maximum Gasteiger partial charge on any atom is 0.0372 e. The van der Waals surface area contributed by atoms with Crippen molar-refractivity contribution in [2.75, 3.05) is 0 Å². The summed E-state index contributed by atoms with van der Waals surface area (Å²) in [6, 6.07) is 13.6. The summed E-state index contributed by atoms with van der Waals surface area (Å²) in [5, 5.41) is 3.71. The van der Waals surface area contributed by atoms with Gasteiger partial charge in [0, 0.05) is 24.5 Å². The van der Waals surface area contributed by atoms with E-state index in [1.807, 2.05) is 13.1 Å². The summed E-state index contributed by atoms with van der Waals surface area (Å²) in [6.45, 7) is 7.61. The summed E-state index contributed by atoms with van der Waals surface area (Å²) < 4.78 is 0. The van der Waals surface area contributed by atoms with Crippen LogP contribution >= 0.6 is 0 Å². The number of benzene rings is 1. The minimum Gasteiger partial charge on any atom is -0.306 e. The molecule has 2 nitrogen and oxygen atoms in total. The Kier molecular flexibility index (Phi) is 3.81. The fraction of sp³-hybridized carbons (Fsp3) is 0.421. The molecule has 3 rings (SSSR count). The first-order chi connectivity index (χ1) is 10.1. The standard InChI is InChI=1S/C19H24N2/c1-14-8-9-15(12-20-14)13-21-18-10-11-19(2,3)17-7-5-4-6-16(17)18/h4-9,12,18,21H,10-11,13H2,1-3H3. The second-order valence-electron chi connectivity index (χ2n) is 6.75. The van der Waals surface area contributed by atoms with Crippen LogP contribution in [0.5, 0.6) is 0 Å². The van der Waals surface area contributed by atoms with E-state index in [4.69, 9.17) is 0 Å². The van der Waals surface area contributed by atoms with Crippen molar-refractivity contribution in [2.45, 2.75) is 51.6 Å². The summed E-state index contributed by atoms with van der Waals surface area (Å²) in [5.74, 6) is 0. The molecule has 1 aromatic carbocycles. The van der Waals surface area contributed by atoms with Crippen molar-refractivity contribution >= 4 is 0 Å². The number of pyridine rings is 1. The molecule has 1 aliphatic rings. The van der Waals surface area contributed by atoms with Gasteiger partial charge in [-0.05, 0) is 47.9 Å². The average molecular weight is 280 g/mol. The van der Waals surface area contributed by atoms with Gasteiger partial charge in [-0.2, -0.15) is 0 Å². The quantitative estimate of drug-likeness (QED) is 0.907. The number of rotatable bonds is 3. The largest absolute Gasteiger partial charge is 0.306 e. The molecule has 0 fully saturated rings. The molecular weight excluding hydrogens is 256 g/mol. The van der Waals surface area contributed by atoms with Crippen molar-refractivity contribution in [1.82, 2.24) is 10.3 Å². The van der Waals surface area contributed by atoms with Gasteiger partial charge in [0.25, 0.3) is 0 Å². The Morgan fingerprint density at radius 3 is 2.76 bits per heavy atom. The highest BCUT2D eigenvalue weighted by Crippen LogP contribution is 2.41. The fourth-order valence-electron chi connectivity index (χ4n) is 3.27. The molecule has 1 unspecified atom stereocenters. The molecule has 1 aromatic heterocycles. The monoisotopic (exact) mass is 280 g/mol. The first-order valence-corrected chi connectivity index (χ1v) is 7.80. The number of hydrogen-bond acceptors (Lipinski definition) is 2. The Balaban J connectivity index is 1.76. The van der Waals surface area contributed by atoms with Crippen molar-refractivity contribution in [1.29, 1.82) is 0 Å². The van der Waals surface area contributed by atoms with Gasteiger partial charge in [-0.3, -0.25) is 4.98 Å².